The summed E-state index contributed by atoms with van der Waals surface area (Å²) in [6, 6.07) is 12.3. The quantitative estimate of drug-likeness (QED) is 0.610. The molecule has 0 fully saturated rings. The second kappa shape index (κ2) is 8.55. The van der Waals surface area contributed by atoms with Gasteiger partial charge in [0.2, 0.25) is 5.91 Å². The lowest BCUT2D eigenvalue weighted by molar-refractivity contribution is -0.137. The fourth-order valence-electron chi connectivity index (χ4n) is 2.46. The van der Waals surface area contributed by atoms with Gasteiger partial charge in [-0.2, -0.15) is 0 Å². The van der Waals surface area contributed by atoms with Crippen molar-refractivity contribution in [3.05, 3.63) is 59.7 Å². The molecule has 0 radical (unpaired) electrons. The number of hydrogen-bond donors (Lipinski definition) is 2. The second-order valence-corrected chi connectivity index (χ2v) is 6.73. The highest BCUT2D eigenvalue weighted by Gasteiger charge is 2.17. The van der Waals surface area contributed by atoms with Gasteiger partial charge < -0.3 is 15.4 Å². The molecule has 0 aromatic heterocycles. The van der Waals surface area contributed by atoms with Gasteiger partial charge >= 0.3 is 5.97 Å². The monoisotopic (exact) mass is 382 g/mol. The van der Waals surface area contributed by atoms with Gasteiger partial charge in [-0.05, 0) is 48.9 Å². The highest BCUT2D eigenvalue weighted by Crippen LogP contribution is 2.32. The molecule has 0 bridgehead atoms. The van der Waals surface area contributed by atoms with Crippen molar-refractivity contribution in [1.82, 2.24) is 0 Å². The van der Waals surface area contributed by atoms with Crippen LogP contribution >= 0.6 is 11.8 Å². The number of hydrogen-bond acceptors (Lipinski definition) is 5. The van der Waals surface area contributed by atoms with Gasteiger partial charge in [0.1, 0.15) is 0 Å². The Kier molecular flexibility index (Phi) is 5.93. The predicted octanol–water partition coefficient (Wildman–Crippen LogP) is 3.56. The average Bonchev–Trinajstić information content (AvgIpc) is 2.67. The van der Waals surface area contributed by atoms with E-state index in [1.165, 1.54) is 17.8 Å². The molecule has 138 valence electrons. The first-order chi connectivity index (χ1) is 13.0. The molecule has 7 heteroatoms. The third-order valence-electron chi connectivity index (χ3n) is 3.74. The van der Waals surface area contributed by atoms with Crippen LogP contribution in [0.4, 0.5) is 11.4 Å². The molecule has 0 spiro atoms. The Bertz CT molecular complexity index is 907. The van der Waals surface area contributed by atoms with Crippen molar-refractivity contribution in [2.24, 2.45) is 0 Å². The zero-order valence-corrected chi connectivity index (χ0v) is 15.5. The van der Waals surface area contributed by atoms with Crippen LogP contribution in [0.2, 0.25) is 0 Å². The predicted molar refractivity (Wildman–Crippen MR) is 106 cm³/mol. The SMILES string of the molecule is CCOC(=O)/C=C/c1ccc(NC(=O)c2ccc3c(c2)NC(=O)CS3)cc1. The largest absolute Gasteiger partial charge is 0.463 e. The van der Waals surface area contributed by atoms with Crippen molar-refractivity contribution >= 4 is 47.0 Å². The highest BCUT2D eigenvalue weighted by molar-refractivity contribution is 8.00. The van der Waals surface area contributed by atoms with Crippen molar-refractivity contribution < 1.29 is 19.1 Å². The minimum atomic E-state index is -0.396. The van der Waals surface area contributed by atoms with E-state index in [2.05, 4.69) is 10.6 Å². The van der Waals surface area contributed by atoms with E-state index in [4.69, 9.17) is 4.74 Å². The van der Waals surface area contributed by atoms with Crippen molar-refractivity contribution in [3.63, 3.8) is 0 Å². The van der Waals surface area contributed by atoms with E-state index < -0.39 is 5.97 Å². The summed E-state index contributed by atoms with van der Waals surface area (Å²) in [4.78, 5) is 36.2. The lowest BCUT2D eigenvalue weighted by Crippen LogP contribution is -2.19. The van der Waals surface area contributed by atoms with Gasteiger partial charge in [-0.1, -0.05) is 12.1 Å². The van der Waals surface area contributed by atoms with Crippen LogP contribution in [-0.4, -0.2) is 30.1 Å². The number of carbonyl (C=O) groups is 3. The van der Waals surface area contributed by atoms with Crippen LogP contribution < -0.4 is 10.6 Å². The summed E-state index contributed by atoms with van der Waals surface area (Å²) in [7, 11) is 0. The number of thioether (sulfide) groups is 1. The number of nitrogens with one attached hydrogen (secondary N) is 2. The number of amides is 2. The molecule has 0 unspecified atom stereocenters. The molecule has 1 aliphatic rings. The standard InChI is InChI=1S/C20H18N2O4S/c1-2-26-19(24)10-5-13-3-7-15(8-4-13)21-20(25)14-6-9-17-16(11-14)22-18(23)12-27-17/h3-11H,2,12H2,1H3,(H,21,25)(H,22,23)/b10-5+. The number of fused-ring (bicyclic) bond motifs is 1. The third-order valence-corrected chi connectivity index (χ3v) is 4.82. The van der Waals surface area contributed by atoms with Crippen molar-refractivity contribution in [2.75, 3.05) is 23.0 Å². The fourth-order valence-corrected chi connectivity index (χ4v) is 3.25. The highest BCUT2D eigenvalue weighted by atomic mass is 32.2. The van der Waals surface area contributed by atoms with E-state index in [1.54, 1.807) is 49.4 Å². The van der Waals surface area contributed by atoms with Crippen LogP contribution in [-0.2, 0) is 14.3 Å². The molecular formula is C20H18N2O4S. The maximum Gasteiger partial charge on any atom is 0.330 e. The summed E-state index contributed by atoms with van der Waals surface area (Å²) in [6.45, 7) is 2.08. The molecule has 2 aromatic rings. The molecule has 2 aromatic carbocycles. The molecule has 1 heterocycles. The van der Waals surface area contributed by atoms with E-state index in [-0.39, 0.29) is 11.8 Å². The Labute approximate surface area is 161 Å². The average molecular weight is 382 g/mol. The molecule has 0 saturated heterocycles. The first-order valence-electron chi connectivity index (χ1n) is 8.38. The van der Waals surface area contributed by atoms with Crippen LogP contribution in [0, 0.1) is 0 Å². The molecule has 0 atom stereocenters. The molecule has 2 amide bonds. The summed E-state index contributed by atoms with van der Waals surface area (Å²) in [5, 5.41) is 5.59. The molecule has 3 rings (SSSR count). The second-order valence-electron chi connectivity index (χ2n) is 5.71. The maximum atomic E-state index is 12.4. The van der Waals surface area contributed by atoms with Crippen LogP contribution in [0.5, 0.6) is 0 Å². The Morgan fingerprint density at radius 2 is 2.00 bits per heavy atom. The molecular weight excluding hydrogens is 364 g/mol. The van der Waals surface area contributed by atoms with Crippen molar-refractivity contribution in [3.8, 4) is 0 Å². The minimum absolute atomic E-state index is 0.0727. The topological polar surface area (TPSA) is 84.5 Å². The number of esters is 1. The Morgan fingerprint density at radius 1 is 1.22 bits per heavy atom. The first-order valence-corrected chi connectivity index (χ1v) is 9.36. The molecule has 27 heavy (non-hydrogen) atoms. The van der Waals surface area contributed by atoms with Crippen LogP contribution in [0.15, 0.2) is 53.4 Å². The number of anilines is 2. The minimum Gasteiger partial charge on any atom is -0.463 e. The van der Waals surface area contributed by atoms with Gasteiger partial charge in [-0.3, -0.25) is 9.59 Å². The Balaban J connectivity index is 1.65. The Morgan fingerprint density at radius 3 is 2.74 bits per heavy atom. The lowest BCUT2D eigenvalue weighted by Gasteiger charge is -2.17. The van der Waals surface area contributed by atoms with Gasteiger partial charge in [0.05, 0.1) is 18.0 Å². The summed E-state index contributed by atoms with van der Waals surface area (Å²) >= 11 is 1.45. The molecule has 2 N–H and O–H groups in total. The normalized spacial score (nSPS) is 13.0. The maximum absolute atomic E-state index is 12.4. The Hall–Kier alpha value is -3.06. The van der Waals surface area contributed by atoms with Crippen molar-refractivity contribution in [1.29, 1.82) is 0 Å². The van der Waals surface area contributed by atoms with Crippen molar-refractivity contribution in [2.45, 2.75) is 11.8 Å². The van der Waals surface area contributed by atoms with E-state index in [1.807, 2.05) is 6.07 Å². The first kappa shape index (κ1) is 18.7. The number of carbonyl (C=O) groups excluding carboxylic acids is 3. The fraction of sp³-hybridized carbons (Fsp3) is 0.150. The van der Waals surface area contributed by atoms with Gasteiger partial charge in [0, 0.05) is 22.2 Å². The van der Waals surface area contributed by atoms with Gasteiger partial charge in [0.25, 0.3) is 5.91 Å². The number of benzene rings is 2. The zero-order valence-electron chi connectivity index (χ0n) is 14.7. The van der Waals surface area contributed by atoms with Gasteiger partial charge in [-0.15, -0.1) is 11.8 Å². The zero-order chi connectivity index (χ0) is 19.2. The van der Waals surface area contributed by atoms with Crippen LogP contribution in [0.3, 0.4) is 0 Å². The van der Waals surface area contributed by atoms with Gasteiger partial charge in [-0.25, -0.2) is 4.79 Å². The van der Waals surface area contributed by atoms with Crippen LogP contribution in [0.1, 0.15) is 22.8 Å². The molecule has 6 nitrogen and oxygen atoms in total. The smallest absolute Gasteiger partial charge is 0.330 e. The molecule has 0 saturated carbocycles. The lowest BCUT2D eigenvalue weighted by atomic mass is 10.1. The van der Waals surface area contributed by atoms with E-state index in [9.17, 15) is 14.4 Å². The summed E-state index contributed by atoms with van der Waals surface area (Å²) in [5.41, 5.74) is 2.56. The summed E-state index contributed by atoms with van der Waals surface area (Å²) in [5.74, 6) is -0.350. The summed E-state index contributed by atoms with van der Waals surface area (Å²) < 4.78 is 4.82. The van der Waals surface area contributed by atoms with E-state index in [0.717, 1.165) is 10.5 Å². The number of rotatable bonds is 5. The number of ether oxygens (including phenoxy) is 1. The third kappa shape index (κ3) is 4.98. The van der Waals surface area contributed by atoms with E-state index >= 15 is 0 Å². The molecule has 1 aliphatic heterocycles. The summed E-state index contributed by atoms with van der Waals surface area (Å²) in [6.07, 6.45) is 3.00. The van der Waals surface area contributed by atoms with Crippen LogP contribution in [0.25, 0.3) is 6.08 Å². The van der Waals surface area contributed by atoms with E-state index in [0.29, 0.717) is 29.3 Å². The van der Waals surface area contributed by atoms with Gasteiger partial charge in [0.15, 0.2) is 0 Å². The molecule has 0 aliphatic carbocycles.